The monoisotopic (exact) mass is 422 g/mol. The van der Waals surface area contributed by atoms with E-state index in [1.54, 1.807) is 15.9 Å². The highest BCUT2D eigenvalue weighted by Crippen LogP contribution is 2.36. The first-order valence-corrected chi connectivity index (χ1v) is 11.3. The molecule has 1 atom stereocenters. The molecular formula is C19H26N4O3S2. The van der Waals surface area contributed by atoms with E-state index in [2.05, 4.69) is 31.6 Å². The number of carbonyl (C=O) groups is 2. The van der Waals surface area contributed by atoms with Crippen molar-refractivity contribution in [2.45, 2.75) is 58.7 Å². The number of amides is 2. The number of rotatable bonds is 5. The minimum atomic E-state index is -0.343. The third kappa shape index (κ3) is 4.57. The molecule has 9 heteroatoms. The van der Waals surface area contributed by atoms with Gasteiger partial charge in [0.25, 0.3) is 5.56 Å². The molecule has 2 amide bonds. The number of carbonyl (C=O) groups excluding carboxylic acids is 2. The Morgan fingerprint density at radius 3 is 2.79 bits per heavy atom. The van der Waals surface area contributed by atoms with Gasteiger partial charge in [-0.05, 0) is 36.7 Å². The molecule has 0 aliphatic heterocycles. The summed E-state index contributed by atoms with van der Waals surface area (Å²) in [5, 5.41) is 1.32. The van der Waals surface area contributed by atoms with Crippen molar-refractivity contribution in [2.24, 2.45) is 11.8 Å². The minimum Gasteiger partial charge on any atom is -0.287 e. The van der Waals surface area contributed by atoms with E-state index in [4.69, 9.17) is 4.98 Å². The maximum atomic E-state index is 13.3. The number of aromatic nitrogens is 2. The molecule has 0 spiro atoms. The summed E-state index contributed by atoms with van der Waals surface area (Å²) in [4.78, 5) is 43.0. The molecule has 1 aliphatic rings. The van der Waals surface area contributed by atoms with Crippen LogP contribution in [0.4, 0.5) is 0 Å². The maximum Gasteiger partial charge on any atom is 0.263 e. The number of hydrogen-bond donors (Lipinski definition) is 2. The Hall–Kier alpha value is -1.87. The number of thiophene rings is 1. The fourth-order valence-electron chi connectivity index (χ4n) is 3.36. The predicted molar refractivity (Wildman–Crippen MR) is 113 cm³/mol. The maximum absolute atomic E-state index is 13.3. The second kappa shape index (κ2) is 8.65. The number of thioether (sulfide) groups is 1. The van der Waals surface area contributed by atoms with Crippen LogP contribution in [0.25, 0.3) is 10.2 Å². The molecule has 28 heavy (non-hydrogen) atoms. The summed E-state index contributed by atoms with van der Waals surface area (Å²) in [7, 11) is 0. The van der Waals surface area contributed by atoms with Gasteiger partial charge in [0.15, 0.2) is 5.16 Å². The number of fused-ring (bicyclic) bond motifs is 3. The normalized spacial score (nSPS) is 16.2. The van der Waals surface area contributed by atoms with Crippen LogP contribution in [0.5, 0.6) is 0 Å². The molecule has 3 rings (SSSR count). The molecule has 0 aromatic carbocycles. The zero-order chi connectivity index (χ0) is 20.4. The van der Waals surface area contributed by atoms with Crippen molar-refractivity contribution >= 4 is 45.1 Å². The number of nitrogens with zero attached hydrogens (tertiary/aromatic N) is 2. The van der Waals surface area contributed by atoms with Crippen LogP contribution < -0.4 is 16.4 Å². The van der Waals surface area contributed by atoms with Gasteiger partial charge in [-0.1, -0.05) is 32.5 Å². The molecule has 0 radical (unpaired) electrons. The standard InChI is InChI=1S/C19H26N4O3S2/c1-10(2)8-23-18(26)16-13-6-5-11(3)7-14(13)28-17(16)20-19(23)27-9-15(25)22-21-12(4)24/h10-11H,5-9H2,1-4H3,(H,21,24)(H,22,25)/t11-/m1/s1. The first-order valence-electron chi connectivity index (χ1n) is 9.49. The van der Waals surface area contributed by atoms with Crippen LogP contribution in [-0.2, 0) is 29.0 Å². The van der Waals surface area contributed by atoms with Gasteiger partial charge >= 0.3 is 0 Å². The average molecular weight is 423 g/mol. The fourth-order valence-corrected chi connectivity index (χ4v) is 5.60. The third-order valence-electron chi connectivity index (χ3n) is 4.64. The van der Waals surface area contributed by atoms with Gasteiger partial charge in [0.2, 0.25) is 11.8 Å². The highest BCUT2D eigenvalue weighted by Gasteiger charge is 2.25. The van der Waals surface area contributed by atoms with Crippen molar-refractivity contribution < 1.29 is 9.59 Å². The Morgan fingerprint density at radius 1 is 1.36 bits per heavy atom. The second-order valence-corrected chi connectivity index (χ2v) is 9.78. The van der Waals surface area contributed by atoms with Gasteiger partial charge < -0.3 is 0 Å². The SMILES string of the molecule is CC(=O)NNC(=O)CSc1nc2sc3c(c2c(=O)n1CC(C)C)CC[C@@H](C)C3. The fraction of sp³-hybridized carbons (Fsp3) is 0.579. The van der Waals surface area contributed by atoms with Crippen LogP contribution >= 0.6 is 23.1 Å². The molecule has 0 fully saturated rings. The largest absolute Gasteiger partial charge is 0.287 e. The molecule has 2 aromatic heterocycles. The van der Waals surface area contributed by atoms with Gasteiger partial charge in [-0.25, -0.2) is 4.98 Å². The van der Waals surface area contributed by atoms with E-state index in [1.807, 2.05) is 0 Å². The molecule has 2 aromatic rings. The number of aryl methyl sites for hydroxylation is 1. The van der Waals surface area contributed by atoms with Gasteiger partial charge in [0.1, 0.15) is 4.83 Å². The molecule has 0 saturated carbocycles. The summed E-state index contributed by atoms with van der Waals surface area (Å²) < 4.78 is 1.70. The molecule has 1 aliphatic carbocycles. The van der Waals surface area contributed by atoms with E-state index in [9.17, 15) is 14.4 Å². The second-order valence-electron chi connectivity index (χ2n) is 7.75. The molecule has 2 heterocycles. The van der Waals surface area contributed by atoms with Crippen molar-refractivity contribution in [1.29, 1.82) is 0 Å². The zero-order valence-electron chi connectivity index (χ0n) is 16.6. The van der Waals surface area contributed by atoms with Crippen molar-refractivity contribution in [3.8, 4) is 0 Å². The highest BCUT2D eigenvalue weighted by molar-refractivity contribution is 7.99. The minimum absolute atomic E-state index is 0.00415. The lowest BCUT2D eigenvalue weighted by atomic mass is 9.89. The molecular weight excluding hydrogens is 396 g/mol. The van der Waals surface area contributed by atoms with E-state index >= 15 is 0 Å². The van der Waals surface area contributed by atoms with Crippen LogP contribution in [-0.4, -0.2) is 27.1 Å². The third-order valence-corrected chi connectivity index (χ3v) is 6.76. The van der Waals surface area contributed by atoms with Crippen LogP contribution in [0, 0.1) is 11.8 Å². The summed E-state index contributed by atoms with van der Waals surface area (Å²) in [5.41, 5.74) is 5.77. The first-order chi connectivity index (χ1) is 13.3. The van der Waals surface area contributed by atoms with Crippen LogP contribution in [0.1, 0.15) is 44.6 Å². The lowest BCUT2D eigenvalue weighted by Crippen LogP contribution is -2.41. The lowest BCUT2D eigenvalue weighted by molar-refractivity contribution is -0.126. The zero-order valence-corrected chi connectivity index (χ0v) is 18.3. The average Bonchev–Trinajstić information content (AvgIpc) is 2.97. The van der Waals surface area contributed by atoms with Crippen molar-refractivity contribution in [2.75, 3.05) is 5.75 Å². The molecule has 7 nitrogen and oxygen atoms in total. The summed E-state index contributed by atoms with van der Waals surface area (Å²) in [5.74, 6) is 0.292. The molecule has 0 unspecified atom stereocenters. The Morgan fingerprint density at radius 2 is 2.11 bits per heavy atom. The predicted octanol–water partition coefficient (Wildman–Crippen LogP) is 2.50. The lowest BCUT2D eigenvalue weighted by Gasteiger charge is -2.18. The molecule has 152 valence electrons. The van der Waals surface area contributed by atoms with Gasteiger partial charge in [0.05, 0.1) is 11.1 Å². The summed E-state index contributed by atoms with van der Waals surface area (Å²) >= 11 is 2.83. The number of hydrogen-bond acceptors (Lipinski definition) is 6. The van der Waals surface area contributed by atoms with Crippen LogP contribution in [0.3, 0.4) is 0 Å². The Balaban J connectivity index is 1.95. The van der Waals surface area contributed by atoms with Gasteiger partial charge in [-0.2, -0.15) is 0 Å². The summed E-state index contributed by atoms with van der Waals surface area (Å²) in [6.45, 7) is 8.23. The quantitative estimate of drug-likeness (QED) is 0.439. The molecule has 2 N–H and O–H groups in total. The first kappa shape index (κ1) is 20.9. The Bertz CT molecular complexity index is 964. The van der Waals surface area contributed by atoms with Crippen molar-refractivity contribution in [3.05, 3.63) is 20.8 Å². The van der Waals surface area contributed by atoms with Gasteiger partial charge in [0, 0.05) is 18.3 Å². The van der Waals surface area contributed by atoms with Gasteiger partial charge in [-0.15, -0.1) is 11.3 Å². The Labute approximate surface area is 172 Å². The molecule has 0 bridgehead atoms. The number of nitrogens with one attached hydrogen (secondary N) is 2. The van der Waals surface area contributed by atoms with E-state index in [-0.39, 0.29) is 29.0 Å². The van der Waals surface area contributed by atoms with Crippen LogP contribution in [0.15, 0.2) is 9.95 Å². The van der Waals surface area contributed by atoms with Gasteiger partial charge in [-0.3, -0.25) is 29.8 Å². The Kier molecular flexibility index (Phi) is 6.44. The van der Waals surface area contributed by atoms with Crippen molar-refractivity contribution in [3.63, 3.8) is 0 Å². The topological polar surface area (TPSA) is 93.1 Å². The summed E-state index contributed by atoms with van der Waals surface area (Å²) in [6, 6.07) is 0. The van der Waals surface area contributed by atoms with E-state index in [0.717, 1.165) is 29.5 Å². The van der Waals surface area contributed by atoms with E-state index < -0.39 is 0 Å². The van der Waals surface area contributed by atoms with Crippen molar-refractivity contribution in [1.82, 2.24) is 20.4 Å². The highest BCUT2D eigenvalue weighted by atomic mass is 32.2. The number of hydrazine groups is 1. The molecule has 0 saturated heterocycles. The summed E-state index contributed by atoms with van der Waals surface area (Å²) in [6.07, 6.45) is 3.03. The smallest absolute Gasteiger partial charge is 0.263 e. The van der Waals surface area contributed by atoms with E-state index in [0.29, 0.717) is 17.6 Å². The van der Waals surface area contributed by atoms with E-state index in [1.165, 1.54) is 29.1 Å². The van der Waals surface area contributed by atoms with Crippen LogP contribution in [0.2, 0.25) is 0 Å².